The lowest BCUT2D eigenvalue weighted by Gasteiger charge is -2.32. The summed E-state index contributed by atoms with van der Waals surface area (Å²) in [5.74, 6) is -0.554. The summed E-state index contributed by atoms with van der Waals surface area (Å²) in [6.07, 6.45) is 2.00. The van der Waals surface area contributed by atoms with E-state index in [-0.39, 0.29) is 35.1 Å². The summed E-state index contributed by atoms with van der Waals surface area (Å²) in [5, 5.41) is 5.82. The van der Waals surface area contributed by atoms with Crippen molar-refractivity contribution >= 4 is 38.3 Å². The molecule has 0 aromatic heterocycles. The number of ether oxygens (including phenoxy) is 2. The number of likely N-dealkylation sites (N-methyl/N-ethyl adjacent to an activating group) is 1. The molecule has 2 N–H and O–H groups in total. The molecule has 1 unspecified atom stereocenters. The highest BCUT2D eigenvalue weighted by atomic mass is 32.3. The largest absolute Gasteiger partial charge is 0.586 e. The minimum absolute atomic E-state index is 0.134. The van der Waals surface area contributed by atoms with Crippen LogP contribution in [-0.2, 0) is 21.0 Å². The molecular weight excluding hydrogens is 530 g/mol. The van der Waals surface area contributed by atoms with Crippen LogP contribution >= 0.6 is 0 Å². The maximum Gasteiger partial charge on any atom is 0.586 e. The quantitative estimate of drug-likeness (QED) is 0.512. The van der Waals surface area contributed by atoms with Crippen molar-refractivity contribution in [2.45, 2.75) is 6.29 Å². The summed E-state index contributed by atoms with van der Waals surface area (Å²) in [5.41, 5.74) is 1.73. The van der Waals surface area contributed by atoms with E-state index in [0.29, 0.717) is 12.2 Å². The molecule has 2 aliphatic heterocycles. The monoisotopic (exact) mass is 554 g/mol. The van der Waals surface area contributed by atoms with Gasteiger partial charge in [0, 0.05) is 43.8 Å². The number of carbonyl (C=O) groups is 1. The second-order valence-corrected chi connectivity index (χ2v) is 11.5. The third-order valence-electron chi connectivity index (χ3n) is 5.37. The zero-order chi connectivity index (χ0) is 27.0. The highest BCUT2D eigenvalue weighted by Crippen LogP contribution is 2.42. The van der Waals surface area contributed by atoms with Gasteiger partial charge < -0.3 is 25.0 Å². The molecule has 1 amide bonds. The fourth-order valence-corrected chi connectivity index (χ4v) is 6.26. The second kappa shape index (κ2) is 10.0. The van der Waals surface area contributed by atoms with Crippen molar-refractivity contribution in [3.8, 4) is 11.5 Å². The van der Waals surface area contributed by atoms with Crippen LogP contribution in [0.2, 0.25) is 0 Å². The van der Waals surface area contributed by atoms with Gasteiger partial charge in [0.15, 0.2) is 11.5 Å². The third-order valence-corrected chi connectivity index (χ3v) is 8.25. The van der Waals surface area contributed by atoms with Crippen molar-refractivity contribution in [3.05, 3.63) is 71.6 Å². The Hall–Kier alpha value is -3.65. The van der Waals surface area contributed by atoms with Gasteiger partial charge in [0.25, 0.3) is 5.91 Å². The van der Waals surface area contributed by atoms with E-state index in [4.69, 9.17) is 0 Å². The molecule has 2 heterocycles. The van der Waals surface area contributed by atoms with Gasteiger partial charge in [-0.05, 0) is 35.9 Å². The number of rotatable bonds is 8. The van der Waals surface area contributed by atoms with E-state index in [2.05, 4.69) is 20.1 Å². The number of hydrogen-bond acceptors (Lipinski definition) is 8. The molecule has 2 aromatic rings. The second-order valence-electron chi connectivity index (χ2n) is 8.26. The van der Waals surface area contributed by atoms with Crippen molar-refractivity contribution < 1.29 is 35.7 Å². The highest BCUT2D eigenvalue weighted by Gasteiger charge is 2.43. The first-order chi connectivity index (χ1) is 17.3. The Morgan fingerprint density at radius 1 is 1.19 bits per heavy atom. The molecule has 0 saturated heterocycles. The molecule has 0 spiro atoms. The zero-order valence-electron chi connectivity index (χ0n) is 20.0. The first-order valence-corrected chi connectivity index (χ1v) is 14.2. The number of carbonyl (C=O) groups excluding carboxylic acids is 1. The van der Waals surface area contributed by atoms with Crippen molar-refractivity contribution in [2.75, 3.05) is 43.3 Å². The van der Waals surface area contributed by atoms with Crippen LogP contribution in [0.3, 0.4) is 0 Å². The van der Waals surface area contributed by atoms with Crippen molar-refractivity contribution in [2.24, 2.45) is 0 Å². The normalized spacial score (nSPS) is 16.9. The Labute approximate surface area is 215 Å². The molecule has 10 nitrogen and oxygen atoms in total. The summed E-state index contributed by atoms with van der Waals surface area (Å²) in [7, 11) is -3.90. The van der Waals surface area contributed by atoms with Crippen molar-refractivity contribution in [1.29, 1.82) is 0 Å². The van der Waals surface area contributed by atoms with Crippen LogP contribution in [-0.4, -0.2) is 66.1 Å². The lowest BCUT2D eigenvalue weighted by molar-refractivity contribution is -0.286. The van der Waals surface area contributed by atoms with E-state index < -0.39 is 33.2 Å². The third kappa shape index (κ3) is 6.02. The lowest BCUT2D eigenvalue weighted by atomic mass is 10.1. The molecule has 2 aromatic carbocycles. The van der Waals surface area contributed by atoms with Crippen LogP contribution in [0.25, 0.3) is 0 Å². The first-order valence-electron chi connectivity index (χ1n) is 10.8. The first kappa shape index (κ1) is 26.4. The molecular formula is C23H24F2N4O6S2. The molecule has 0 saturated carbocycles. The van der Waals surface area contributed by atoms with Gasteiger partial charge >= 0.3 is 6.29 Å². The predicted molar refractivity (Wildman–Crippen MR) is 135 cm³/mol. The van der Waals surface area contributed by atoms with Gasteiger partial charge in [0.1, 0.15) is 16.8 Å². The molecule has 0 bridgehead atoms. The number of hydrogen-bond donors (Lipinski definition) is 2. The Morgan fingerprint density at radius 2 is 1.89 bits per heavy atom. The van der Waals surface area contributed by atoms with Gasteiger partial charge in [-0.3, -0.25) is 4.79 Å². The summed E-state index contributed by atoms with van der Waals surface area (Å²) in [6.45, 7) is 0.631. The highest BCUT2D eigenvalue weighted by molar-refractivity contribution is 8.00. The molecule has 198 valence electrons. The van der Waals surface area contributed by atoms with E-state index in [1.165, 1.54) is 24.5 Å². The summed E-state index contributed by atoms with van der Waals surface area (Å²) in [6, 6.07) is 10.6. The van der Waals surface area contributed by atoms with E-state index in [9.17, 15) is 26.2 Å². The molecule has 0 fully saturated rings. The standard InChI is InChI=1S/C23H24F2N4O6S2/c1-28-11-10-15(12-21(28)29(36(2)31)37(3,32)33)14-26-18-7-5-4-6-17(18)22(30)27-16-8-9-19-20(13-16)35-23(24,25)34-19/h4-10,12-13,26H,11,14H2,1-3H3,(H,27,30). The Morgan fingerprint density at radius 3 is 2.59 bits per heavy atom. The average molecular weight is 555 g/mol. The van der Waals surface area contributed by atoms with E-state index in [0.717, 1.165) is 15.5 Å². The van der Waals surface area contributed by atoms with Crippen LogP contribution in [0, 0.1) is 0 Å². The van der Waals surface area contributed by atoms with Crippen LogP contribution in [0.1, 0.15) is 10.4 Å². The molecule has 0 radical (unpaired) electrons. The molecule has 4 rings (SSSR count). The van der Waals surface area contributed by atoms with Crippen molar-refractivity contribution in [3.63, 3.8) is 0 Å². The SMILES string of the molecule is CN1CC=C(CNc2ccccc2C(=O)Nc2ccc3c(c2)OC(F)(F)O3)C=C1N(S(C)=O)S(C)(=O)=O. The summed E-state index contributed by atoms with van der Waals surface area (Å²) < 4.78 is 72.7. The number of anilines is 2. The minimum atomic E-state index is -3.78. The maximum atomic E-state index is 13.3. The van der Waals surface area contributed by atoms with Gasteiger partial charge in [-0.25, -0.2) is 12.6 Å². The Bertz CT molecular complexity index is 1430. The van der Waals surface area contributed by atoms with Gasteiger partial charge in [0.05, 0.1) is 11.8 Å². The van der Waals surface area contributed by atoms with Gasteiger partial charge in [-0.2, -0.15) is 3.71 Å². The fourth-order valence-electron chi connectivity index (χ4n) is 3.75. The zero-order valence-corrected chi connectivity index (χ0v) is 21.7. The van der Waals surface area contributed by atoms with Crippen molar-refractivity contribution in [1.82, 2.24) is 8.61 Å². The predicted octanol–water partition coefficient (Wildman–Crippen LogP) is 2.94. The molecule has 0 aliphatic carbocycles. The average Bonchev–Trinajstić information content (AvgIpc) is 3.11. The minimum Gasteiger partial charge on any atom is -0.395 e. The summed E-state index contributed by atoms with van der Waals surface area (Å²) >= 11 is 0. The molecule has 1 atom stereocenters. The molecule has 37 heavy (non-hydrogen) atoms. The Balaban J connectivity index is 1.49. The number of fused-ring (bicyclic) bond motifs is 1. The fraction of sp³-hybridized carbons (Fsp3) is 0.261. The van der Waals surface area contributed by atoms with Crippen LogP contribution in [0.15, 0.2) is 66.0 Å². The van der Waals surface area contributed by atoms with E-state index >= 15 is 0 Å². The number of nitrogens with zero attached hydrogens (tertiary/aromatic N) is 2. The molecule has 14 heteroatoms. The topological polar surface area (TPSA) is 117 Å². The molecule has 2 aliphatic rings. The number of sulfonamides is 1. The van der Waals surface area contributed by atoms with Gasteiger partial charge in [0.2, 0.25) is 10.0 Å². The van der Waals surface area contributed by atoms with E-state index in [1.807, 2.05) is 6.08 Å². The Kier molecular flexibility index (Phi) is 7.15. The van der Waals surface area contributed by atoms with Gasteiger partial charge in [-0.1, -0.05) is 18.2 Å². The number of benzene rings is 2. The number of para-hydroxylation sites is 1. The van der Waals surface area contributed by atoms with Gasteiger partial charge in [-0.15, -0.1) is 8.78 Å². The van der Waals surface area contributed by atoms with E-state index in [1.54, 1.807) is 42.3 Å². The smallest absolute Gasteiger partial charge is 0.395 e. The maximum absolute atomic E-state index is 13.3. The number of amides is 1. The van der Waals surface area contributed by atoms with Crippen LogP contribution < -0.4 is 20.1 Å². The van der Waals surface area contributed by atoms with Crippen LogP contribution in [0.5, 0.6) is 11.5 Å². The number of alkyl halides is 2. The lowest BCUT2D eigenvalue weighted by Crippen LogP contribution is -2.39. The number of nitrogens with one attached hydrogen (secondary N) is 2. The summed E-state index contributed by atoms with van der Waals surface area (Å²) in [4.78, 5) is 14.6. The number of halogens is 2. The van der Waals surface area contributed by atoms with Crippen LogP contribution in [0.4, 0.5) is 20.2 Å².